The summed E-state index contributed by atoms with van der Waals surface area (Å²) in [6, 6.07) is 4.07. The van der Waals surface area contributed by atoms with Crippen LogP contribution in [0.2, 0.25) is 0 Å². The Kier molecular flexibility index (Phi) is 7.54. The van der Waals surface area contributed by atoms with Crippen molar-refractivity contribution in [2.45, 2.75) is 37.8 Å². The summed E-state index contributed by atoms with van der Waals surface area (Å²) < 4.78 is 5.78. The van der Waals surface area contributed by atoms with Crippen molar-refractivity contribution in [1.29, 1.82) is 0 Å². The maximum absolute atomic E-state index is 12.8. The van der Waals surface area contributed by atoms with Crippen LogP contribution in [-0.2, 0) is 14.4 Å². The first kappa shape index (κ1) is 23.4. The molecule has 1 atom stereocenters. The molecule has 4 amide bonds. The molecule has 0 aliphatic carbocycles. The van der Waals surface area contributed by atoms with Crippen LogP contribution >= 0.6 is 0 Å². The number of carbonyl (C=O) groups is 5. The lowest BCUT2D eigenvalue weighted by atomic mass is 10.0. The highest BCUT2D eigenvalue weighted by Gasteiger charge is 2.44. The summed E-state index contributed by atoms with van der Waals surface area (Å²) >= 11 is 0. The molecule has 1 unspecified atom stereocenters. The van der Waals surface area contributed by atoms with E-state index in [-0.39, 0.29) is 36.5 Å². The fourth-order valence-electron chi connectivity index (χ4n) is 4.01. The molecule has 1 aromatic carbocycles. The lowest BCUT2D eigenvalue weighted by Crippen LogP contribution is -2.54. The number of carboxylic acid groups (broad SMARTS) is 1. The summed E-state index contributed by atoms with van der Waals surface area (Å²) in [5.41, 5.74) is 6.38. The van der Waals surface area contributed by atoms with Crippen LogP contribution in [0.1, 0.15) is 46.4 Å². The molecule has 11 nitrogen and oxygen atoms in total. The molecule has 0 radical (unpaired) electrons. The van der Waals surface area contributed by atoms with Crippen molar-refractivity contribution in [1.82, 2.24) is 15.1 Å². The van der Waals surface area contributed by atoms with Crippen molar-refractivity contribution < 1.29 is 33.8 Å². The van der Waals surface area contributed by atoms with Gasteiger partial charge in [0, 0.05) is 19.0 Å². The van der Waals surface area contributed by atoms with Crippen LogP contribution in [0.4, 0.5) is 0 Å². The lowest BCUT2D eigenvalue weighted by molar-refractivity contribution is -0.136. The zero-order valence-electron chi connectivity index (χ0n) is 17.5. The molecule has 0 bridgehead atoms. The van der Waals surface area contributed by atoms with Gasteiger partial charge in [0.15, 0.2) is 0 Å². The van der Waals surface area contributed by atoms with Crippen molar-refractivity contribution in [3.05, 3.63) is 29.3 Å². The number of nitrogens with two attached hydrogens (primary N) is 1. The van der Waals surface area contributed by atoms with Gasteiger partial charge in [-0.05, 0) is 50.6 Å². The van der Waals surface area contributed by atoms with E-state index >= 15 is 0 Å². The standard InChI is InChI=1S/C20H24N4O5.CH2O2/c21-12-5-7-23(8-6-12)9-10-29-13-1-2-14-15(11-13)20(28)24(19(14)27)16-3-4-17(25)22-18(16)26;2-1-3/h1-2,11-12,16H,3-10,21H2,(H,22,25,26);1H,(H,2,3). The maximum atomic E-state index is 12.8. The smallest absolute Gasteiger partial charge is 0.290 e. The summed E-state index contributed by atoms with van der Waals surface area (Å²) in [5.74, 6) is -1.56. The number of rotatable bonds is 5. The monoisotopic (exact) mass is 446 g/mol. The number of carbonyl (C=O) groups excluding carboxylic acids is 4. The minimum Gasteiger partial charge on any atom is -0.492 e. The second kappa shape index (κ2) is 10.3. The summed E-state index contributed by atoms with van der Waals surface area (Å²) in [6.07, 6.45) is 2.19. The fourth-order valence-corrected chi connectivity index (χ4v) is 4.01. The van der Waals surface area contributed by atoms with Crippen LogP contribution in [0.3, 0.4) is 0 Å². The third-order valence-electron chi connectivity index (χ3n) is 5.72. The third-order valence-corrected chi connectivity index (χ3v) is 5.72. The first-order chi connectivity index (χ1) is 15.3. The molecule has 2 saturated heterocycles. The molecule has 4 N–H and O–H groups in total. The fraction of sp³-hybridized carbons (Fsp3) is 0.476. The Morgan fingerprint density at radius 3 is 2.41 bits per heavy atom. The molecule has 4 rings (SSSR count). The Balaban J connectivity index is 0.000000913. The van der Waals surface area contributed by atoms with Gasteiger partial charge in [0.1, 0.15) is 18.4 Å². The van der Waals surface area contributed by atoms with Crippen molar-refractivity contribution in [2.75, 3.05) is 26.2 Å². The Morgan fingerprint density at radius 1 is 1.09 bits per heavy atom. The van der Waals surface area contributed by atoms with E-state index in [1.54, 1.807) is 18.2 Å². The molecular formula is C21H26N4O7. The number of amides is 4. The van der Waals surface area contributed by atoms with E-state index in [1.165, 1.54) is 0 Å². The SMILES string of the molecule is NC1CCN(CCOc2ccc3c(c2)C(=O)N(C2CCC(=O)NC2=O)C3=O)CC1.O=CO. The molecule has 172 valence electrons. The maximum Gasteiger partial charge on any atom is 0.290 e. The highest BCUT2D eigenvalue weighted by atomic mass is 16.5. The van der Waals surface area contributed by atoms with E-state index in [0.29, 0.717) is 12.4 Å². The Bertz CT molecular complexity index is 911. The molecule has 1 aromatic rings. The number of ether oxygens (including phenoxy) is 1. The number of nitrogens with zero attached hydrogens (tertiary/aromatic N) is 2. The number of hydrogen-bond donors (Lipinski definition) is 3. The van der Waals surface area contributed by atoms with Gasteiger partial charge in [0.25, 0.3) is 18.3 Å². The summed E-state index contributed by atoms with van der Waals surface area (Å²) in [7, 11) is 0. The van der Waals surface area contributed by atoms with Gasteiger partial charge in [-0.15, -0.1) is 0 Å². The van der Waals surface area contributed by atoms with Gasteiger partial charge < -0.3 is 15.6 Å². The van der Waals surface area contributed by atoms with Gasteiger partial charge in [-0.1, -0.05) is 0 Å². The molecule has 11 heteroatoms. The van der Waals surface area contributed by atoms with Crippen LogP contribution < -0.4 is 15.8 Å². The Morgan fingerprint density at radius 2 is 1.75 bits per heavy atom. The van der Waals surface area contributed by atoms with Gasteiger partial charge in [0.2, 0.25) is 11.8 Å². The van der Waals surface area contributed by atoms with Crippen molar-refractivity contribution in [2.24, 2.45) is 5.73 Å². The molecule has 0 aromatic heterocycles. The van der Waals surface area contributed by atoms with Gasteiger partial charge in [-0.3, -0.25) is 39.1 Å². The van der Waals surface area contributed by atoms with Gasteiger partial charge in [-0.25, -0.2) is 0 Å². The molecule has 2 fully saturated rings. The van der Waals surface area contributed by atoms with Crippen LogP contribution in [0.25, 0.3) is 0 Å². The number of fused-ring (bicyclic) bond motifs is 1. The zero-order valence-corrected chi connectivity index (χ0v) is 17.5. The topological polar surface area (TPSA) is 159 Å². The summed E-state index contributed by atoms with van der Waals surface area (Å²) in [5, 5.41) is 9.08. The summed E-state index contributed by atoms with van der Waals surface area (Å²) in [4.78, 5) is 60.5. The number of nitrogens with one attached hydrogen (secondary N) is 1. The Labute approximate surface area is 184 Å². The van der Waals surface area contributed by atoms with E-state index in [9.17, 15) is 19.2 Å². The largest absolute Gasteiger partial charge is 0.492 e. The molecule has 0 spiro atoms. The van der Waals surface area contributed by atoms with Gasteiger partial charge in [0.05, 0.1) is 11.1 Å². The van der Waals surface area contributed by atoms with Crippen molar-refractivity contribution >= 4 is 30.1 Å². The van der Waals surface area contributed by atoms with Crippen molar-refractivity contribution in [3.63, 3.8) is 0 Å². The first-order valence-corrected chi connectivity index (χ1v) is 10.4. The summed E-state index contributed by atoms with van der Waals surface area (Å²) in [6.45, 7) is 2.87. The van der Waals surface area contributed by atoms with Crippen LogP contribution in [-0.4, -0.2) is 83.3 Å². The minimum absolute atomic E-state index is 0.0968. The quantitative estimate of drug-likeness (QED) is 0.404. The molecule has 3 heterocycles. The van der Waals surface area contributed by atoms with E-state index in [2.05, 4.69) is 10.2 Å². The second-order valence-electron chi connectivity index (χ2n) is 7.79. The van der Waals surface area contributed by atoms with E-state index < -0.39 is 29.7 Å². The van der Waals surface area contributed by atoms with Crippen LogP contribution in [0.15, 0.2) is 18.2 Å². The molecule has 3 aliphatic heterocycles. The molecule has 32 heavy (non-hydrogen) atoms. The van der Waals surface area contributed by atoms with E-state index in [1.807, 2.05) is 0 Å². The number of imide groups is 2. The van der Waals surface area contributed by atoms with Gasteiger partial charge >= 0.3 is 0 Å². The van der Waals surface area contributed by atoms with Crippen molar-refractivity contribution in [3.8, 4) is 5.75 Å². The predicted molar refractivity (Wildman–Crippen MR) is 111 cm³/mol. The van der Waals surface area contributed by atoms with E-state index in [0.717, 1.165) is 37.4 Å². The van der Waals surface area contributed by atoms with Crippen LogP contribution in [0.5, 0.6) is 5.75 Å². The minimum atomic E-state index is -0.963. The van der Waals surface area contributed by atoms with E-state index in [4.69, 9.17) is 20.4 Å². The molecule has 0 saturated carbocycles. The Hall–Kier alpha value is -3.31. The average Bonchev–Trinajstić information content (AvgIpc) is 3.00. The zero-order chi connectivity index (χ0) is 23.3. The molecule has 3 aliphatic rings. The number of hydrogen-bond acceptors (Lipinski definition) is 8. The highest BCUT2D eigenvalue weighted by molar-refractivity contribution is 6.23. The first-order valence-electron chi connectivity index (χ1n) is 10.4. The molecular weight excluding hydrogens is 420 g/mol. The predicted octanol–water partition coefficient (Wildman–Crippen LogP) is -0.409. The van der Waals surface area contributed by atoms with Crippen LogP contribution in [0, 0.1) is 0 Å². The van der Waals surface area contributed by atoms with Gasteiger partial charge in [-0.2, -0.15) is 0 Å². The highest BCUT2D eigenvalue weighted by Crippen LogP contribution is 2.30. The number of benzene rings is 1. The second-order valence-corrected chi connectivity index (χ2v) is 7.79. The average molecular weight is 446 g/mol. The lowest BCUT2D eigenvalue weighted by Gasteiger charge is -2.29. The normalized spacial score (nSPS) is 21.5. The number of piperidine rings is 2. The number of likely N-dealkylation sites (tertiary alicyclic amines) is 1. The third kappa shape index (κ3) is 5.11.